The fraction of sp³-hybridized carbons (Fsp3) is 0.133. The number of rotatable bonds is 11. The van der Waals surface area contributed by atoms with E-state index in [4.69, 9.17) is 23.2 Å². The third kappa shape index (κ3) is 8.30. The Labute approximate surface area is 240 Å². The molecule has 4 aromatic rings. The highest BCUT2D eigenvalue weighted by molar-refractivity contribution is 8.76. The summed E-state index contributed by atoms with van der Waals surface area (Å²) < 4.78 is 0. The van der Waals surface area contributed by atoms with Crippen LogP contribution < -0.4 is 10.6 Å². The molecule has 8 heteroatoms. The van der Waals surface area contributed by atoms with Crippen molar-refractivity contribution in [2.45, 2.75) is 22.6 Å². The van der Waals surface area contributed by atoms with Crippen LogP contribution in [0.2, 0.25) is 10.0 Å². The van der Waals surface area contributed by atoms with Crippen molar-refractivity contribution in [1.29, 1.82) is 0 Å². The Kier molecular flexibility index (Phi) is 10.6. The van der Waals surface area contributed by atoms with E-state index in [2.05, 4.69) is 10.6 Å². The van der Waals surface area contributed by atoms with Crippen molar-refractivity contribution in [2.24, 2.45) is 0 Å². The smallest absolute Gasteiger partial charge is 0.252 e. The van der Waals surface area contributed by atoms with Crippen molar-refractivity contribution >= 4 is 56.6 Å². The SMILES string of the molecule is O=C(NCCc1ccc(Cl)cc1)c1ccccc1SSc1ccccc1C(=O)NCCc1ccc(Cl)cc1. The predicted molar refractivity (Wildman–Crippen MR) is 160 cm³/mol. The standard InChI is InChI=1S/C30H26Cl2N2O2S2/c31-23-13-9-21(10-14-23)17-19-33-29(35)25-5-1-3-7-27(25)37-38-28-8-4-2-6-26(28)30(36)34-20-18-22-11-15-24(32)16-12-22/h1-16H,17-20H2,(H,33,35)(H,34,36). The molecule has 4 aromatic carbocycles. The van der Waals surface area contributed by atoms with Gasteiger partial charge in [0.1, 0.15) is 0 Å². The molecule has 0 atom stereocenters. The van der Waals surface area contributed by atoms with E-state index in [-0.39, 0.29) is 11.8 Å². The van der Waals surface area contributed by atoms with Crippen molar-refractivity contribution in [1.82, 2.24) is 10.6 Å². The van der Waals surface area contributed by atoms with Gasteiger partial charge in [-0.2, -0.15) is 0 Å². The van der Waals surface area contributed by atoms with Crippen molar-refractivity contribution in [3.63, 3.8) is 0 Å². The summed E-state index contributed by atoms with van der Waals surface area (Å²) in [6, 6.07) is 30.2. The van der Waals surface area contributed by atoms with Gasteiger partial charge in [0.05, 0.1) is 11.1 Å². The lowest BCUT2D eigenvalue weighted by Crippen LogP contribution is -2.26. The number of nitrogens with one attached hydrogen (secondary N) is 2. The highest BCUT2D eigenvalue weighted by atomic mass is 35.5. The lowest BCUT2D eigenvalue weighted by molar-refractivity contribution is 0.0943. The maximum atomic E-state index is 12.9. The lowest BCUT2D eigenvalue weighted by atomic mass is 10.1. The average Bonchev–Trinajstić information content (AvgIpc) is 2.94. The van der Waals surface area contributed by atoms with Crippen molar-refractivity contribution in [3.05, 3.63) is 129 Å². The van der Waals surface area contributed by atoms with Gasteiger partial charge in [-0.25, -0.2) is 0 Å². The second-order valence-corrected chi connectivity index (χ2v) is 11.5. The number of hydrogen-bond donors (Lipinski definition) is 2. The largest absolute Gasteiger partial charge is 0.352 e. The summed E-state index contributed by atoms with van der Waals surface area (Å²) in [4.78, 5) is 27.5. The first-order valence-electron chi connectivity index (χ1n) is 12.1. The molecule has 2 amide bonds. The van der Waals surface area contributed by atoms with Crippen LogP contribution in [0, 0.1) is 0 Å². The Morgan fingerprint density at radius 2 is 0.921 bits per heavy atom. The Morgan fingerprint density at radius 3 is 1.32 bits per heavy atom. The predicted octanol–water partition coefficient (Wildman–Crippen LogP) is 7.74. The topological polar surface area (TPSA) is 58.2 Å². The first-order chi connectivity index (χ1) is 18.5. The van der Waals surface area contributed by atoms with E-state index in [0.29, 0.717) is 47.1 Å². The third-order valence-electron chi connectivity index (χ3n) is 5.71. The highest BCUT2D eigenvalue weighted by Crippen LogP contribution is 2.40. The average molecular weight is 582 g/mol. The number of benzene rings is 4. The molecule has 38 heavy (non-hydrogen) atoms. The lowest BCUT2D eigenvalue weighted by Gasteiger charge is -2.12. The molecule has 0 aromatic heterocycles. The summed E-state index contributed by atoms with van der Waals surface area (Å²) in [7, 11) is 2.92. The highest BCUT2D eigenvalue weighted by Gasteiger charge is 2.15. The Morgan fingerprint density at radius 1 is 0.553 bits per heavy atom. The first kappa shape index (κ1) is 28.1. The Hall–Kier alpha value is -2.90. The molecule has 0 spiro atoms. The van der Waals surface area contributed by atoms with Gasteiger partial charge in [-0.15, -0.1) is 0 Å². The van der Waals surface area contributed by atoms with Crippen LogP contribution >= 0.6 is 44.8 Å². The van der Waals surface area contributed by atoms with Crippen LogP contribution in [0.15, 0.2) is 107 Å². The van der Waals surface area contributed by atoms with Gasteiger partial charge in [-0.3, -0.25) is 9.59 Å². The van der Waals surface area contributed by atoms with Gasteiger partial charge in [0, 0.05) is 32.9 Å². The molecule has 0 aliphatic heterocycles. The number of halogens is 2. The maximum absolute atomic E-state index is 12.9. The summed E-state index contributed by atoms with van der Waals surface area (Å²) in [5.74, 6) is -0.258. The molecule has 0 fully saturated rings. The zero-order valence-corrected chi connectivity index (χ0v) is 23.6. The monoisotopic (exact) mass is 580 g/mol. The van der Waals surface area contributed by atoms with Crippen LogP contribution in [-0.4, -0.2) is 24.9 Å². The van der Waals surface area contributed by atoms with Crippen LogP contribution in [-0.2, 0) is 12.8 Å². The van der Waals surface area contributed by atoms with Crippen LogP contribution in [0.4, 0.5) is 0 Å². The number of carbonyl (C=O) groups is 2. The second-order valence-electron chi connectivity index (χ2n) is 8.42. The molecule has 194 valence electrons. The van der Waals surface area contributed by atoms with Crippen molar-refractivity contribution < 1.29 is 9.59 Å². The summed E-state index contributed by atoms with van der Waals surface area (Å²) >= 11 is 11.9. The van der Waals surface area contributed by atoms with Crippen LogP contribution in [0.1, 0.15) is 31.8 Å². The Bertz CT molecular complexity index is 1270. The molecule has 0 unspecified atom stereocenters. The van der Waals surface area contributed by atoms with Gasteiger partial charge >= 0.3 is 0 Å². The molecule has 0 radical (unpaired) electrons. The summed E-state index contributed by atoms with van der Waals surface area (Å²) in [6.45, 7) is 1.04. The van der Waals surface area contributed by atoms with E-state index in [1.807, 2.05) is 97.1 Å². The second kappa shape index (κ2) is 14.3. The molecule has 4 nitrogen and oxygen atoms in total. The minimum absolute atomic E-state index is 0.129. The fourth-order valence-electron chi connectivity index (χ4n) is 3.68. The molecule has 0 aliphatic carbocycles. The quantitative estimate of drug-likeness (QED) is 0.178. The molecule has 0 aliphatic rings. The minimum atomic E-state index is -0.129. The molecule has 0 bridgehead atoms. The summed E-state index contributed by atoms with van der Waals surface area (Å²) in [6.07, 6.45) is 1.43. The van der Waals surface area contributed by atoms with Crippen LogP contribution in [0.3, 0.4) is 0 Å². The van der Waals surface area contributed by atoms with E-state index in [0.717, 1.165) is 20.9 Å². The van der Waals surface area contributed by atoms with Crippen molar-refractivity contribution in [3.8, 4) is 0 Å². The molecule has 0 saturated carbocycles. The van der Waals surface area contributed by atoms with E-state index in [1.165, 1.54) is 21.6 Å². The van der Waals surface area contributed by atoms with Gasteiger partial charge in [-0.05, 0) is 72.5 Å². The molecule has 0 saturated heterocycles. The van der Waals surface area contributed by atoms with Gasteiger partial charge in [0.15, 0.2) is 0 Å². The summed E-state index contributed by atoms with van der Waals surface area (Å²) in [5, 5.41) is 7.39. The normalized spacial score (nSPS) is 10.7. The van der Waals surface area contributed by atoms with Crippen molar-refractivity contribution in [2.75, 3.05) is 13.1 Å². The van der Waals surface area contributed by atoms with E-state index in [9.17, 15) is 9.59 Å². The molecule has 4 rings (SSSR count). The van der Waals surface area contributed by atoms with Gasteiger partial charge in [0.2, 0.25) is 0 Å². The molecular formula is C30H26Cl2N2O2S2. The zero-order chi connectivity index (χ0) is 26.7. The number of amides is 2. The molecule has 2 N–H and O–H groups in total. The zero-order valence-electron chi connectivity index (χ0n) is 20.5. The van der Waals surface area contributed by atoms with E-state index in [1.54, 1.807) is 0 Å². The third-order valence-corrected chi connectivity index (χ3v) is 8.70. The maximum Gasteiger partial charge on any atom is 0.252 e. The minimum Gasteiger partial charge on any atom is -0.352 e. The van der Waals surface area contributed by atoms with Crippen LogP contribution in [0.5, 0.6) is 0 Å². The number of carbonyl (C=O) groups excluding carboxylic acids is 2. The number of hydrogen-bond acceptors (Lipinski definition) is 4. The van der Waals surface area contributed by atoms with Gasteiger partial charge in [-0.1, -0.05) is 93.3 Å². The molecular weight excluding hydrogens is 555 g/mol. The molecule has 0 heterocycles. The van der Waals surface area contributed by atoms with E-state index >= 15 is 0 Å². The van der Waals surface area contributed by atoms with Crippen LogP contribution in [0.25, 0.3) is 0 Å². The Balaban J connectivity index is 1.33. The van der Waals surface area contributed by atoms with E-state index < -0.39 is 0 Å². The summed E-state index contributed by atoms with van der Waals surface area (Å²) in [5.41, 5.74) is 3.42. The first-order valence-corrected chi connectivity index (χ1v) is 15.0. The van der Waals surface area contributed by atoms with Gasteiger partial charge < -0.3 is 10.6 Å². The van der Waals surface area contributed by atoms with Gasteiger partial charge in [0.25, 0.3) is 11.8 Å². The fourth-order valence-corrected chi connectivity index (χ4v) is 6.29.